The van der Waals surface area contributed by atoms with Crippen molar-refractivity contribution in [3.8, 4) is 17.1 Å². The summed E-state index contributed by atoms with van der Waals surface area (Å²) < 4.78 is 24.9. The molecule has 8 heteroatoms. The van der Waals surface area contributed by atoms with Gasteiger partial charge in [-0.15, -0.1) is 0 Å². The number of benzene rings is 2. The maximum Gasteiger partial charge on any atom is 0.472 e. The number of phosphoric ester groups is 1. The average molecular weight is 392 g/mol. The summed E-state index contributed by atoms with van der Waals surface area (Å²) in [4.78, 5) is 20.6. The summed E-state index contributed by atoms with van der Waals surface area (Å²) in [6.45, 7) is 3.63. The van der Waals surface area contributed by atoms with Crippen LogP contribution < -0.4 is 5.43 Å². The van der Waals surface area contributed by atoms with E-state index in [0.717, 1.165) is 5.56 Å². The molecule has 0 fully saturated rings. The molecule has 144 valence electrons. The smallest absolute Gasteiger partial charge is 0.472 e. The maximum absolute atomic E-state index is 11.9. The summed E-state index contributed by atoms with van der Waals surface area (Å²) in [5.74, 6) is 0.578. The van der Waals surface area contributed by atoms with Crippen LogP contribution in [0, 0.1) is 0 Å². The highest BCUT2D eigenvalue weighted by molar-refractivity contribution is 7.47. The number of fused-ring (bicyclic) bond motifs is 1. The number of rotatable bonds is 5. The number of phosphoric acid groups is 1. The van der Waals surface area contributed by atoms with Gasteiger partial charge in [0.2, 0.25) is 0 Å². The topological polar surface area (TPSA) is 106 Å². The molecule has 0 atom stereocenters. The second-order valence-corrected chi connectivity index (χ2v) is 6.78. The minimum atomic E-state index is -3.69. The van der Waals surface area contributed by atoms with E-state index in [1.807, 2.05) is 30.3 Å². The summed E-state index contributed by atoms with van der Waals surface area (Å²) in [6.07, 6.45) is 0. The molecular weight excluding hydrogens is 371 g/mol. The fourth-order valence-corrected chi connectivity index (χ4v) is 2.98. The molecule has 0 aliphatic heterocycles. The molecule has 1 aromatic heterocycles. The molecule has 0 spiro atoms. The van der Waals surface area contributed by atoms with Crippen LogP contribution in [0.1, 0.15) is 13.8 Å². The van der Waals surface area contributed by atoms with Crippen LogP contribution in [-0.2, 0) is 13.6 Å². The minimum Gasteiger partial charge on any atom is -0.508 e. The van der Waals surface area contributed by atoms with Crippen molar-refractivity contribution in [3.05, 3.63) is 64.8 Å². The lowest BCUT2D eigenvalue weighted by Gasteiger charge is -2.07. The molecular formula is C19H21O7P. The van der Waals surface area contributed by atoms with Crippen molar-refractivity contribution in [1.29, 1.82) is 0 Å². The van der Waals surface area contributed by atoms with Crippen molar-refractivity contribution < 1.29 is 28.0 Å². The highest BCUT2D eigenvalue weighted by atomic mass is 31.2. The Labute approximate surface area is 156 Å². The van der Waals surface area contributed by atoms with E-state index in [2.05, 4.69) is 9.05 Å². The highest BCUT2D eigenvalue weighted by Gasteiger charge is 2.17. The summed E-state index contributed by atoms with van der Waals surface area (Å²) in [5.41, 5.74) is 1.11. The van der Waals surface area contributed by atoms with Crippen molar-refractivity contribution in [1.82, 2.24) is 0 Å². The van der Waals surface area contributed by atoms with Crippen molar-refractivity contribution in [2.24, 2.45) is 0 Å². The van der Waals surface area contributed by atoms with Gasteiger partial charge in [-0.2, -0.15) is 0 Å². The van der Waals surface area contributed by atoms with Gasteiger partial charge in [-0.1, -0.05) is 30.3 Å². The predicted octanol–water partition coefficient (Wildman–Crippen LogP) is 4.33. The number of hydrogen-bond acceptors (Lipinski definition) is 6. The molecule has 2 N–H and O–H groups in total. The number of phenols is 1. The molecule has 0 amide bonds. The molecule has 3 aromatic rings. The zero-order valence-electron chi connectivity index (χ0n) is 15.0. The van der Waals surface area contributed by atoms with Gasteiger partial charge in [0.25, 0.3) is 0 Å². The van der Waals surface area contributed by atoms with Crippen LogP contribution in [0.3, 0.4) is 0 Å². The van der Waals surface area contributed by atoms with Crippen LogP contribution in [0.25, 0.3) is 22.3 Å². The lowest BCUT2D eigenvalue weighted by molar-refractivity contribution is 0.161. The third-order valence-corrected chi connectivity index (χ3v) is 4.52. The van der Waals surface area contributed by atoms with Crippen LogP contribution in [-0.4, -0.2) is 23.2 Å². The van der Waals surface area contributed by atoms with Gasteiger partial charge in [0.05, 0.1) is 18.6 Å². The molecule has 0 saturated heterocycles. The van der Waals surface area contributed by atoms with Crippen molar-refractivity contribution >= 4 is 18.8 Å². The Kier molecular flexibility index (Phi) is 7.33. The van der Waals surface area contributed by atoms with Gasteiger partial charge >= 0.3 is 7.82 Å². The number of aromatic hydroxyl groups is 1. The third-order valence-electron chi connectivity index (χ3n) is 3.36. The number of phenolic OH excluding ortho intramolecular Hbond substituents is 1. The SMILES string of the molecule is CCOP(=O)(O)OCC.O=c1cc(-c2ccccc2)oc2cc(O)ccc12. The molecule has 27 heavy (non-hydrogen) atoms. The Morgan fingerprint density at radius 2 is 1.63 bits per heavy atom. The number of hydrogen-bond donors (Lipinski definition) is 2. The summed E-state index contributed by atoms with van der Waals surface area (Å²) in [7, 11) is -3.69. The molecule has 3 rings (SSSR count). The Hall–Kier alpha value is -2.44. The van der Waals surface area contributed by atoms with Crippen molar-refractivity contribution in [3.63, 3.8) is 0 Å². The monoisotopic (exact) mass is 392 g/mol. The van der Waals surface area contributed by atoms with E-state index >= 15 is 0 Å². The molecule has 0 unspecified atom stereocenters. The van der Waals surface area contributed by atoms with Crippen LogP contribution in [0.15, 0.2) is 63.8 Å². The molecule has 7 nitrogen and oxygen atoms in total. The summed E-state index contributed by atoms with van der Waals surface area (Å²) in [5, 5.41) is 9.89. The van der Waals surface area contributed by atoms with Gasteiger partial charge in [0.15, 0.2) is 5.43 Å². The van der Waals surface area contributed by atoms with Gasteiger partial charge in [-0.3, -0.25) is 13.8 Å². The van der Waals surface area contributed by atoms with Gasteiger partial charge in [0.1, 0.15) is 17.1 Å². The lowest BCUT2D eigenvalue weighted by Crippen LogP contribution is -1.99. The molecule has 0 aliphatic carbocycles. The van der Waals surface area contributed by atoms with Crippen molar-refractivity contribution in [2.45, 2.75) is 13.8 Å². The molecule has 1 heterocycles. The fraction of sp³-hybridized carbons (Fsp3) is 0.211. The normalized spacial score (nSPS) is 11.1. The zero-order chi connectivity index (χ0) is 19.9. The average Bonchev–Trinajstić information content (AvgIpc) is 2.62. The second kappa shape index (κ2) is 9.48. The van der Waals surface area contributed by atoms with E-state index < -0.39 is 7.82 Å². The van der Waals surface area contributed by atoms with Crippen LogP contribution in [0.2, 0.25) is 0 Å². The first-order valence-electron chi connectivity index (χ1n) is 8.30. The van der Waals surface area contributed by atoms with Crippen LogP contribution in [0.5, 0.6) is 5.75 Å². The van der Waals surface area contributed by atoms with E-state index in [4.69, 9.17) is 9.31 Å². The van der Waals surface area contributed by atoms with Crippen LogP contribution >= 0.6 is 7.82 Å². The van der Waals surface area contributed by atoms with E-state index in [0.29, 0.717) is 16.7 Å². The Balaban J connectivity index is 0.000000249. The Bertz CT molecular complexity index is 972. The first-order valence-corrected chi connectivity index (χ1v) is 9.80. The first kappa shape index (κ1) is 20.9. The molecule has 2 aromatic carbocycles. The Morgan fingerprint density at radius 1 is 1.00 bits per heavy atom. The standard InChI is InChI=1S/C15H10O3.C4H11O4P/c16-11-6-7-12-13(17)9-14(18-15(12)8-11)10-4-2-1-3-5-10;1-3-7-9(5,6)8-4-2/h1-9,16H;3-4H2,1-2H3,(H,5,6). The van der Waals surface area contributed by atoms with E-state index in [-0.39, 0.29) is 24.4 Å². The van der Waals surface area contributed by atoms with Gasteiger partial charge in [0, 0.05) is 17.7 Å². The highest BCUT2D eigenvalue weighted by Crippen LogP contribution is 2.42. The van der Waals surface area contributed by atoms with E-state index in [1.165, 1.54) is 18.2 Å². The molecule has 0 saturated carbocycles. The summed E-state index contributed by atoms with van der Waals surface area (Å²) in [6, 6.07) is 15.3. The second-order valence-electron chi connectivity index (χ2n) is 5.33. The van der Waals surface area contributed by atoms with Gasteiger partial charge in [-0.05, 0) is 26.0 Å². The van der Waals surface area contributed by atoms with E-state index in [1.54, 1.807) is 19.9 Å². The maximum atomic E-state index is 11.9. The first-order chi connectivity index (χ1) is 12.9. The van der Waals surface area contributed by atoms with E-state index in [9.17, 15) is 14.5 Å². The third kappa shape index (κ3) is 6.05. The lowest BCUT2D eigenvalue weighted by atomic mass is 10.1. The van der Waals surface area contributed by atoms with Crippen LogP contribution in [0.4, 0.5) is 0 Å². The zero-order valence-corrected chi connectivity index (χ0v) is 15.9. The van der Waals surface area contributed by atoms with Gasteiger partial charge < -0.3 is 14.4 Å². The fourth-order valence-electron chi connectivity index (χ4n) is 2.25. The largest absolute Gasteiger partial charge is 0.508 e. The molecule has 0 radical (unpaired) electrons. The minimum absolute atomic E-state index is 0.0795. The quantitative estimate of drug-likeness (QED) is 0.623. The summed E-state index contributed by atoms with van der Waals surface area (Å²) >= 11 is 0. The van der Waals surface area contributed by atoms with Crippen molar-refractivity contribution in [2.75, 3.05) is 13.2 Å². The molecule has 0 bridgehead atoms. The molecule has 0 aliphatic rings. The predicted molar refractivity (Wildman–Crippen MR) is 103 cm³/mol. The Morgan fingerprint density at radius 3 is 2.22 bits per heavy atom. The van der Waals surface area contributed by atoms with Gasteiger partial charge in [-0.25, -0.2) is 4.57 Å².